The van der Waals surface area contributed by atoms with Gasteiger partial charge in [0.2, 0.25) is 0 Å². The van der Waals surface area contributed by atoms with Crippen molar-refractivity contribution in [3.8, 4) is 0 Å². The predicted molar refractivity (Wildman–Crippen MR) is 55.1 cm³/mol. The Morgan fingerprint density at radius 3 is 2.44 bits per heavy atom. The molecule has 96 valence electrons. The lowest BCUT2D eigenvalue weighted by atomic mass is 10.2. The summed E-state index contributed by atoms with van der Waals surface area (Å²) in [7, 11) is 1.53. The SMILES string of the molecule is COC(CN)CCN(CC(F)(F)F)C1CC1. The van der Waals surface area contributed by atoms with Gasteiger partial charge in [-0.2, -0.15) is 13.2 Å². The zero-order chi connectivity index (χ0) is 12.2. The van der Waals surface area contributed by atoms with Gasteiger partial charge in [0.15, 0.2) is 0 Å². The van der Waals surface area contributed by atoms with Crippen LogP contribution in [0.15, 0.2) is 0 Å². The second kappa shape index (κ2) is 5.84. The van der Waals surface area contributed by atoms with Crippen LogP contribution in [0.1, 0.15) is 19.3 Å². The summed E-state index contributed by atoms with van der Waals surface area (Å²) < 4.78 is 41.9. The van der Waals surface area contributed by atoms with Crippen LogP contribution < -0.4 is 5.73 Å². The summed E-state index contributed by atoms with van der Waals surface area (Å²) in [6, 6.07) is 0.108. The molecule has 0 radical (unpaired) electrons. The van der Waals surface area contributed by atoms with Crippen LogP contribution in [0.2, 0.25) is 0 Å². The van der Waals surface area contributed by atoms with E-state index < -0.39 is 12.7 Å². The first-order valence-electron chi connectivity index (χ1n) is 5.50. The van der Waals surface area contributed by atoms with E-state index in [1.54, 1.807) is 0 Å². The fraction of sp³-hybridized carbons (Fsp3) is 1.00. The van der Waals surface area contributed by atoms with E-state index in [2.05, 4.69) is 0 Å². The van der Waals surface area contributed by atoms with Crippen LogP contribution in [0, 0.1) is 0 Å². The highest BCUT2D eigenvalue weighted by Crippen LogP contribution is 2.30. The molecule has 0 bridgehead atoms. The number of hydrogen-bond acceptors (Lipinski definition) is 3. The molecule has 1 aliphatic carbocycles. The minimum atomic E-state index is -4.12. The summed E-state index contributed by atoms with van der Waals surface area (Å²) in [5.74, 6) is 0. The summed E-state index contributed by atoms with van der Waals surface area (Å²) in [5, 5.41) is 0. The number of ether oxygens (including phenoxy) is 1. The maximum absolute atomic E-state index is 12.3. The number of methoxy groups -OCH3 is 1. The topological polar surface area (TPSA) is 38.5 Å². The first-order chi connectivity index (χ1) is 7.46. The summed E-state index contributed by atoms with van der Waals surface area (Å²) in [4.78, 5) is 1.49. The zero-order valence-corrected chi connectivity index (χ0v) is 9.46. The van der Waals surface area contributed by atoms with Crippen molar-refractivity contribution in [2.75, 3.05) is 26.7 Å². The quantitative estimate of drug-likeness (QED) is 0.730. The van der Waals surface area contributed by atoms with E-state index >= 15 is 0 Å². The zero-order valence-electron chi connectivity index (χ0n) is 9.46. The molecule has 1 fully saturated rings. The molecule has 1 aliphatic rings. The Morgan fingerprint density at radius 1 is 1.44 bits per heavy atom. The van der Waals surface area contributed by atoms with Crippen LogP contribution >= 0.6 is 0 Å². The average Bonchev–Trinajstić information content (AvgIpc) is 2.99. The van der Waals surface area contributed by atoms with Crippen molar-refractivity contribution in [2.45, 2.75) is 37.6 Å². The maximum Gasteiger partial charge on any atom is 0.401 e. The highest BCUT2D eigenvalue weighted by molar-refractivity contribution is 4.86. The normalized spacial score (nSPS) is 19.1. The molecule has 0 aliphatic heterocycles. The lowest BCUT2D eigenvalue weighted by molar-refractivity contribution is -0.148. The highest BCUT2D eigenvalue weighted by atomic mass is 19.4. The van der Waals surface area contributed by atoms with Gasteiger partial charge in [0.05, 0.1) is 12.6 Å². The average molecular weight is 240 g/mol. The van der Waals surface area contributed by atoms with Crippen LogP contribution in [-0.4, -0.2) is 50.0 Å². The standard InChI is InChI=1S/C10H19F3N2O/c1-16-9(6-14)4-5-15(8-2-3-8)7-10(11,12)13/h8-9H,2-7,14H2,1H3. The lowest BCUT2D eigenvalue weighted by Gasteiger charge is -2.25. The van der Waals surface area contributed by atoms with E-state index in [0.717, 1.165) is 12.8 Å². The second-order valence-electron chi connectivity index (χ2n) is 4.20. The van der Waals surface area contributed by atoms with E-state index in [9.17, 15) is 13.2 Å². The van der Waals surface area contributed by atoms with Crippen molar-refractivity contribution < 1.29 is 17.9 Å². The summed E-state index contributed by atoms with van der Waals surface area (Å²) in [6.07, 6.45) is -1.96. The molecule has 0 aromatic carbocycles. The first kappa shape index (κ1) is 13.7. The van der Waals surface area contributed by atoms with Gasteiger partial charge in [-0.05, 0) is 19.3 Å². The van der Waals surface area contributed by atoms with Crippen molar-refractivity contribution in [1.29, 1.82) is 0 Å². The monoisotopic (exact) mass is 240 g/mol. The van der Waals surface area contributed by atoms with Gasteiger partial charge in [0, 0.05) is 26.2 Å². The fourth-order valence-electron chi connectivity index (χ4n) is 1.70. The molecule has 1 saturated carbocycles. The number of nitrogens with two attached hydrogens (primary N) is 1. The molecule has 0 heterocycles. The smallest absolute Gasteiger partial charge is 0.380 e. The van der Waals surface area contributed by atoms with Crippen molar-refractivity contribution in [3.05, 3.63) is 0 Å². The van der Waals surface area contributed by atoms with E-state index in [1.165, 1.54) is 12.0 Å². The van der Waals surface area contributed by atoms with Crippen LogP contribution in [0.3, 0.4) is 0 Å². The van der Waals surface area contributed by atoms with E-state index in [0.29, 0.717) is 19.5 Å². The van der Waals surface area contributed by atoms with Crippen molar-refractivity contribution in [2.24, 2.45) is 5.73 Å². The number of halogens is 3. The molecule has 0 aromatic heterocycles. The van der Waals surface area contributed by atoms with Gasteiger partial charge in [-0.25, -0.2) is 0 Å². The minimum absolute atomic E-state index is 0.108. The minimum Gasteiger partial charge on any atom is -0.380 e. The summed E-state index contributed by atoms with van der Waals surface area (Å²) in [6.45, 7) is -0.0699. The molecule has 6 heteroatoms. The molecule has 1 atom stereocenters. The van der Waals surface area contributed by atoms with E-state index in [1.807, 2.05) is 0 Å². The Bertz CT molecular complexity index is 203. The van der Waals surface area contributed by atoms with Crippen molar-refractivity contribution >= 4 is 0 Å². The largest absolute Gasteiger partial charge is 0.401 e. The molecular weight excluding hydrogens is 221 g/mol. The third kappa shape index (κ3) is 5.14. The van der Waals surface area contributed by atoms with Gasteiger partial charge in [0.1, 0.15) is 0 Å². The molecule has 0 aromatic rings. The molecule has 1 rings (SSSR count). The Labute approximate surface area is 93.7 Å². The van der Waals surface area contributed by atoms with Gasteiger partial charge in [0.25, 0.3) is 0 Å². The Hall–Kier alpha value is -0.330. The third-order valence-corrected chi connectivity index (χ3v) is 2.78. The summed E-state index contributed by atoms with van der Waals surface area (Å²) >= 11 is 0. The van der Waals surface area contributed by atoms with Gasteiger partial charge in [-0.1, -0.05) is 0 Å². The first-order valence-corrected chi connectivity index (χ1v) is 5.50. The molecule has 0 saturated heterocycles. The van der Waals surface area contributed by atoms with Gasteiger partial charge in [-0.3, -0.25) is 4.90 Å². The molecule has 16 heavy (non-hydrogen) atoms. The molecule has 0 spiro atoms. The molecule has 1 unspecified atom stereocenters. The Morgan fingerprint density at radius 2 is 2.06 bits per heavy atom. The summed E-state index contributed by atoms with van der Waals surface area (Å²) in [5.41, 5.74) is 5.42. The number of hydrogen-bond donors (Lipinski definition) is 1. The van der Waals surface area contributed by atoms with Crippen molar-refractivity contribution in [3.63, 3.8) is 0 Å². The van der Waals surface area contributed by atoms with Crippen LogP contribution in [0.5, 0.6) is 0 Å². The Balaban J connectivity index is 2.33. The predicted octanol–water partition coefficient (Wildman–Crippen LogP) is 1.38. The second-order valence-corrected chi connectivity index (χ2v) is 4.20. The maximum atomic E-state index is 12.3. The third-order valence-electron chi connectivity index (χ3n) is 2.78. The van der Waals surface area contributed by atoms with E-state index in [4.69, 9.17) is 10.5 Å². The molecule has 3 nitrogen and oxygen atoms in total. The van der Waals surface area contributed by atoms with Crippen LogP contribution in [0.25, 0.3) is 0 Å². The van der Waals surface area contributed by atoms with Crippen LogP contribution in [-0.2, 0) is 4.74 Å². The fourth-order valence-corrected chi connectivity index (χ4v) is 1.70. The van der Waals surface area contributed by atoms with Gasteiger partial charge < -0.3 is 10.5 Å². The van der Waals surface area contributed by atoms with Gasteiger partial charge in [-0.15, -0.1) is 0 Å². The van der Waals surface area contributed by atoms with Gasteiger partial charge >= 0.3 is 6.18 Å². The molecular formula is C10H19F3N2O. The Kier molecular flexibility index (Phi) is 5.01. The highest BCUT2D eigenvalue weighted by Gasteiger charge is 2.37. The number of rotatable bonds is 7. The van der Waals surface area contributed by atoms with Crippen molar-refractivity contribution in [1.82, 2.24) is 4.90 Å². The number of nitrogens with zero attached hydrogens (tertiary/aromatic N) is 1. The van der Waals surface area contributed by atoms with Crippen LogP contribution in [0.4, 0.5) is 13.2 Å². The number of alkyl halides is 3. The molecule has 2 N–H and O–H groups in total. The van der Waals surface area contributed by atoms with E-state index in [-0.39, 0.29) is 12.1 Å². The lowest BCUT2D eigenvalue weighted by Crippen LogP contribution is -2.38. The molecule has 0 amide bonds.